The highest BCUT2D eigenvalue weighted by Crippen LogP contribution is 2.19. The number of aryl methyl sites for hydroxylation is 1. The number of guanidine groups is 1. The predicted molar refractivity (Wildman–Crippen MR) is 130 cm³/mol. The SMILES string of the molecule is N=C(NCCCc1cc(F)c(F)cc1F)Nc1nc(=O)c(-c2ccc(CNCCCN)c(F)c2)c[nH]1. The van der Waals surface area contributed by atoms with E-state index in [0.29, 0.717) is 43.2 Å². The van der Waals surface area contributed by atoms with Gasteiger partial charge in [0, 0.05) is 30.9 Å². The Morgan fingerprint density at radius 1 is 0.972 bits per heavy atom. The first kappa shape index (κ1) is 26.8. The fourth-order valence-corrected chi connectivity index (χ4v) is 3.39. The fourth-order valence-electron chi connectivity index (χ4n) is 3.39. The molecule has 0 bridgehead atoms. The molecule has 0 radical (unpaired) electrons. The maximum atomic E-state index is 14.4. The number of nitrogens with zero attached hydrogens (tertiary/aromatic N) is 1. The topological polar surface area (TPSA) is 132 Å². The molecule has 3 aromatic rings. The third kappa shape index (κ3) is 7.36. The average Bonchev–Trinajstić information content (AvgIpc) is 2.83. The lowest BCUT2D eigenvalue weighted by molar-refractivity contribution is 0.489. The van der Waals surface area contributed by atoms with E-state index in [0.717, 1.165) is 12.5 Å². The molecule has 0 fully saturated rings. The van der Waals surface area contributed by atoms with Crippen LogP contribution in [0.4, 0.5) is 23.5 Å². The Morgan fingerprint density at radius 3 is 2.44 bits per heavy atom. The molecule has 0 aliphatic rings. The van der Waals surface area contributed by atoms with E-state index in [4.69, 9.17) is 11.1 Å². The average molecular weight is 506 g/mol. The van der Waals surface area contributed by atoms with Crippen molar-refractivity contribution in [2.45, 2.75) is 25.8 Å². The normalized spacial score (nSPS) is 10.9. The number of benzene rings is 2. The molecule has 3 rings (SSSR count). The summed E-state index contributed by atoms with van der Waals surface area (Å²) in [6, 6.07) is 5.79. The highest BCUT2D eigenvalue weighted by molar-refractivity contribution is 5.89. The second kappa shape index (κ2) is 12.8. The molecular weight excluding hydrogens is 478 g/mol. The lowest BCUT2D eigenvalue weighted by Gasteiger charge is -2.11. The first-order valence-electron chi connectivity index (χ1n) is 11.3. The van der Waals surface area contributed by atoms with Crippen molar-refractivity contribution in [1.29, 1.82) is 5.41 Å². The van der Waals surface area contributed by atoms with Crippen LogP contribution < -0.4 is 27.2 Å². The standard InChI is InChI=1S/C24H27F4N7O/c25-18-9-14(4-5-16(18)12-31-7-2-6-29)17-13-33-24(34-22(17)36)35-23(30)32-8-1-3-15-10-20(27)21(28)11-19(15)26/h4-5,9-11,13,31H,1-3,6-8,12,29H2,(H4,30,32,33,34,35,36). The molecule has 0 aliphatic heterocycles. The van der Waals surface area contributed by atoms with Gasteiger partial charge in [-0.2, -0.15) is 4.98 Å². The Balaban J connectivity index is 1.52. The summed E-state index contributed by atoms with van der Waals surface area (Å²) in [4.78, 5) is 19.1. The monoisotopic (exact) mass is 505 g/mol. The first-order valence-corrected chi connectivity index (χ1v) is 11.3. The van der Waals surface area contributed by atoms with Crippen molar-refractivity contribution in [3.05, 3.63) is 81.3 Å². The summed E-state index contributed by atoms with van der Waals surface area (Å²) in [6.45, 7) is 1.78. The van der Waals surface area contributed by atoms with Crippen molar-refractivity contribution in [1.82, 2.24) is 20.6 Å². The van der Waals surface area contributed by atoms with E-state index >= 15 is 0 Å². The maximum Gasteiger partial charge on any atom is 0.282 e. The molecule has 36 heavy (non-hydrogen) atoms. The van der Waals surface area contributed by atoms with Gasteiger partial charge in [0.2, 0.25) is 5.95 Å². The molecule has 0 saturated carbocycles. The molecule has 8 nitrogen and oxygen atoms in total. The van der Waals surface area contributed by atoms with E-state index in [1.165, 1.54) is 12.3 Å². The molecule has 12 heteroatoms. The second-order valence-electron chi connectivity index (χ2n) is 7.98. The van der Waals surface area contributed by atoms with Crippen molar-refractivity contribution in [3.63, 3.8) is 0 Å². The molecule has 0 amide bonds. The largest absolute Gasteiger partial charge is 0.356 e. The number of rotatable bonds is 11. The highest BCUT2D eigenvalue weighted by Gasteiger charge is 2.11. The number of anilines is 1. The summed E-state index contributed by atoms with van der Waals surface area (Å²) in [5, 5.41) is 16.3. The number of aromatic nitrogens is 2. The zero-order chi connectivity index (χ0) is 26.1. The summed E-state index contributed by atoms with van der Waals surface area (Å²) in [5.41, 5.74) is 5.82. The molecule has 7 N–H and O–H groups in total. The molecule has 0 saturated heterocycles. The summed E-state index contributed by atoms with van der Waals surface area (Å²) < 4.78 is 54.3. The smallest absolute Gasteiger partial charge is 0.282 e. The van der Waals surface area contributed by atoms with Gasteiger partial charge in [-0.3, -0.25) is 15.5 Å². The molecule has 0 atom stereocenters. The third-order valence-corrected chi connectivity index (χ3v) is 5.29. The Bertz CT molecular complexity index is 1270. The van der Waals surface area contributed by atoms with Gasteiger partial charge in [0.1, 0.15) is 11.6 Å². The molecular formula is C24H27F4N7O. The van der Waals surface area contributed by atoms with E-state index in [1.54, 1.807) is 12.1 Å². The maximum absolute atomic E-state index is 14.4. The summed E-state index contributed by atoms with van der Waals surface area (Å²) in [7, 11) is 0. The zero-order valence-electron chi connectivity index (χ0n) is 19.4. The molecule has 0 unspecified atom stereocenters. The Labute approximate surface area is 204 Å². The van der Waals surface area contributed by atoms with Gasteiger partial charge in [-0.1, -0.05) is 12.1 Å². The van der Waals surface area contributed by atoms with Crippen molar-refractivity contribution in [2.24, 2.45) is 5.73 Å². The van der Waals surface area contributed by atoms with Gasteiger partial charge in [-0.15, -0.1) is 0 Å². The second-order valence-corrected chi connectivity index (χ2v) is 7.98. The number of nitrogens with one attached hydrogen (secondary N) is 5. The van der Waals surface area contributed by atoms with E-state index in [2.05, 4.69) is 25.9 Å². The van der Waals surface area contributed by atoms with Crippen molar-refractivity contribution < 1.29 is 17.6 Å². The molecule has 192 valence electrons. The van der Waals surface area contributed by atoms with Crippen LogP contribution in [0, 0.1) is 28.7 Å². The van der Waals surface area contributed by atoms with Crippen molar-refractivity contribution >= 4 is 11.9 Å². The molecule has 1 aromatic heterocycles. The number of halogens is 4. The Morgan fingerprint density at radius 2 is 1.72 bits per heavy atom. The lowest BCUT2D eigenvalue weighted by atomic mass is 10.1. The van der Waals surface area contributed by atoms with Crippen LogP contribution in [0.25, 0.3) is 11.1 Å². The molecule has 0 spiro atoms. The number of hydrogen-bond donors (Lipinski definition) is 6. The number of H-pyrrole nitrogens is 1. The fraction of sp³-hybridized carbons (Fsp3) is 0.292. The molecule has 2 aromatic carbocycles. The highest BCUT2D eigenvalue weighted by atomic mass is 19.2. The summed E-state index contributed by atoms with van der Waals surface area (Å²) in [5.74, 6) is -3.85. The minimum atomic E-state index is -1.25. The lowest BCUT2D eigenvalue weighted by Crippen LogP contribution is -2.32. The van der Waals surface area contributed by atoms with Gasteiger partial charge in [0.05, 0.1) is 5.56 Å². The van der Waals surface area contributed by atoms with E-state index in [-0.39, 0.29) is 36.0 Å². The minimum absolute atomic E-state index is 0.00547. The van der Waals surface area contributed by atoms with Gasteiger partial charge in [-0.25, -0.2) is 17.6 Å². The van der Waals surface area contributed by atoms with Crippen LogP contribution in [0.15, 0.2) is 41.3 Å². The minimum Gasteiger partial charge on any atom is -0.356 e. The van der Waals surface area contributed by atoms with E-state index < -0.39 is 28.8 Å². The van der Waals surface area contributed by atoms with Gasteiger partial charge >= 0.3 is 0 Å². The van der Waals surface area contributed by atoms with Gasteiger partial charge in [0.15, 0.2) is 17.6 Å². The van der Waals surface area contributed by atoms with Crippen LogP contribution in [0.1, 0.15) is 24.0 Å². The van der Waals surface area contributed by atoms with Crippen LogP contribution in [-0.2, 0) is 13.0 Å². The van der Waals surface area contributed by atoms with Crippen LogP contribution in [0.2, 0.25) is 0 Å². The number of nitrogens with two attached hydrogens (primary N) is 1. The van der Waals surface area contributed by atoms with Gasteiger partial charge in [-0.05, 0) is 55.6 Å². The summed E-state index contributed by atoms with van der Waals surface area (Å²) >= 11 is 0. The van der Waals surface area contributed by atoms with E-state index in [9.17, 15) is 22.4 Å². The number of hydrogen-bond acceptors (Lipinski definition) is 5. The zero-order valence-corrected chi connectivity index (χ0v) is 19.4. The predicted octanol–water partition coefficient (Wildman–Crippen LogP) is 3.00. The quantitative estimate of drug-likeness (QED) is 0.0781. The van der Waals surface area contributed by atoms with Gasteiger partial charge < -0.3 is 21.4 Å². The van der Waals surface area contributed by atoms with Crippen molar-refractivity contribution in [2.75, 3.05) is 25.0 Å². The Kier molecular flexibility index (Phi) is 9.53. The molecule has 1 heterocycles. The third-order valence-electron chi connectivity index (χ3n) is 5.29. The first-order chi connectivity index (χ1) is 17.3. The van der Waals surface area contributed by atoms with Crippen LogP contribution in [0.3, 0.4) is 0 Å². The van der Waals surface area contributed by atoms with E-state index in [1.807, 2.05) is 0 Å². The van der Waals surface area contributed by atoms with Crippen LogP contribution in [0.5, 0.6) is 0 Å². The number of aromatic amines is 1. The van der Waals surface area contributed by atoms with Crippen LogP contribution in [-0.4, -0.2) is 35.6 Å². The van der Waals surface area contributed by atoms with Crippen LogP contribution >= 0.6 is 0 Å². The van der Waals surface area contributed by atoms with Gasteiger partial charge in [0.25, 0.3) is 5.56 Å². The summed E-state index contributed by atoms with van der Waals surface area (Å²) in [6.07, 6.45) is 2.61. The van der Waals surface area contributed by atoms with Crippen molar-refractivity contribution in [3.8, 4) is 11.1 Å². The molecule has 0 aliphatic carbocycles. The Hall–Kier alpha value is -3.77.